The Bertz CT molecular complexity index is 114. The van der Waals surface area contributed by atoms with E-state index in [2.05, 4.69) is 0 Å². The fraction of sp³-hybridized carbons (Fsp3) is 1.00. The number of rotatable bonds is 1. The van der Waals surface area contributed by atoms with E-state index >= 15 is 0 Å². The molecule has 52 valence electrons. The van der Waals surface area contributed by atoms with Crippen LogP contribution in [0.4, 0.5) is 0 Å². The van der Waals surface area contributed by atoms with Crippen LogP contribution >= 0.6 is 0 Å². The first kappa shape index (κ1) is 5.69. The lowest BCUT2D eigenvalue weighted by atomic mass is 9.72. The second kappa shape index (κ2) is 1.70. The third-order valence-corrected chi connectivity index (χ3v) is 2.57. The van der Waals surface area contributed by atoms with Crippen LogP contribution < -0.4 is 0 Å². The highest BCUT2D eigenvalue weighted by atomic mass is 16.5. The third-order valence-electron chi connectivity index (χ3n) is 2.57. The average molecular weight is 128 g/mol. The van der Waals surface area contributed by atoms with Crippen LogP contribution in [-0.4, -0.2) is 23.9 Å². The molecule has 0 bridgehead atoms. The van der Waals surface area contributed by atoms with Crippen LogP contribution in [0.5, 0.6) is 0 Å². The van der Waals surface area contributed by atoms with Crippen molar-refractivity contribution < 1.29 is 9.84 Å². The SMILES string of the molecule is OC1(C2CCC2)COC1. The number of hydrogen-bond acceptors (Lipinski definition) is 2. The molecule has 0 atom stereocenters. The summed E-state index contributed by atoms with van der Waals surface area (Å²) >= 11 is 0. The summed E-state index contributed by atoms with van der Waals surface area (Å²) in [6, 6.07) is 0. The normalized spacial score (nSPS) is 33.0. The maximum atomic E-state index is 9.60. The van der Waals surface area contributed by atoms with Crippen molar-refractivity contribution in [2.24, 2.45) is 5.92 Å². The Morgan fingerprint density at radius 2 is 2.00 bits per heavy atom. The average Bonchev–Trinajstić information content (AvgIpc) is 1.56. The van der Waals surface area contributed by atoms with Crippen molar-refractivity contribution in [3.05, 3.63) is 0 Å². The summed E-state index contributed by atoms with van der Waals surface area (Å²) in [6.45, 7) is 1.16. The van der Waals surface area contributed by atoms with Crippen molar-refractivity contribution in [1.82, 2.24) is 0 Å². The van der Waals surface area contributed by atoms with Gasteiger partial charge in [0.25, 0.3) is 0 Å². The fourth-order valence-electron chi connectivity index (χ4n) is 1.49. The Hall–Kier alpha value is -0.0800. The molecular formula is C7H12O2. The Morgan fingerprint density at radius 1 is 1.33 bits per heavy atom. The summed E-state index contributed by atoms with van der Waals surface area (Å²) in [5.41, 5.74) is -0.405. The molecule has 2 fully saturated rings. The van der Waals surface area contributed by atoms with E-state index < -0.39 is 5.60 Å². The van der Waals surface area contributed by atoms with Crippen molar-refractivity contribution in [3.63, 3.8) is 0 Å². The standard InChI is InChI=1S/C7H12O2/c8-7(4-9-5-7)6-2-1-3-6/h6,8H,1-5H2. The minimum Gasteiger partial charge on any atom is -0.385 e. The summed E-state index contributed by atoms with van der Waals surface area (Å²) < 4.78 is 4.94. The van der Waals surface area contributed by atoms with E-state index in [0.29, 0.717) is 19.1 Å². The molecule has 0 spiro atoms. The highest BCUT2D eigenvalue weighted by Crippen LogP contribution is 2.39. The molecule has 2 rings (SSSR count). The molecule has 1 aliphatic carbocycles. The predicted molar refractivity (Wildman–Crippen MR) is 33.1 cm³/mol. The van der Waals surface area contributed by atoms with Crippen molar-refractivity contribution in [2.75, 3.05) is 13.2 Å². The van der Waals surface area contributed by atoms with Crippen LogP contribution in [0.25, 0.3) is 0 Å². The minimum atomic E-state index is -0.405. The van der Waals surface area contributed by atoms with Crippen LogP contribution in [-0.2, 0) is 4.74 Å². The predicted octanol–water partition coefficient (Wildman–Crippen LogP) is 0.548. The largest absolute Gasteiger partial charge is 0.385 e. The van der Waals surface area contributed by atoms with Crippen molar-refractivity contribution in [1.29, 1.82) is 0 Å². The molecular weight excluding hydrogens is 116 g/mol. The quantitative estimate of drug-likeness (QED) is 0.558. The molecule has 1 saturated heterocycles. The van der Waals surface area contributed by atoms with Crippen LogP contribution in [0, 0.1) is 5.92 Å². The molecule has 0 aromatic heterocycles. The van der Waals surface area contributed by atoms with Gasteiger partial charge in [-0.15, -0.1) is 0 Å². The van der Waals surface area contributed by atoms with Crippen LogP contribution in [0.1, 0.15) is 19.3 Å². The van der Waals surface area contributed by atoms with Gasteiger partial charge in [-0.1, -0.05) is 6.42 Å². The summed E-state index contributed by atoms with van der Waals surface area (Å²) in [5, 5.41) is 9.60. The van der Waals surface area contributed by atoms with Gasteiger partial charge in [0.1, 0.15) is 5.60 Å². The number of hydrogen-bond donors (Lipinski definition) is 1. The molecule has 0 amide bonds. The van der Waals surface area contributed by atoms with Crippen molar-refractivity contribution >= 4 is 0 Å². The van der Waals surface area contributed by atoms with Gasteiger partial charge < -0.3 is 9.84 Å². The Balaban J connectivity index is 1.94. The van der Waals surface area contributed by atoms with Gasteiger partial charge >= 0.3 is 0 Å². The molecule has 0 aromatic carbocycles. The van der Waals surface area contributed by atoms with Gasteiger partial charge in [-0.25, -0.2) is 0 Å². The first-order valence-electron chi connectivity index (χ1n) is 3.61. The molecule has 9 heavy (non-hydrogen) atoms. The van der Waals surface area contributed by atoms with Crippen molar-refractivity contribution in [3.8, 4) is 0 Å². The van der Waals surface area contributed by atoms with Gasteiger partial charge in [-0.05, 0) is 18.8 Å². The highest BCUT2D eigenvalue weighted by molar-refractivity contribution is 4.95. The second-order valence-electron chi connectivity index (χ2n) is 3.22. The van der Waals surface area contributed by atoms with Gasteiger partial charge in [-0.2, -0.15) is 0 Å². The van der Waals surface area contributed by atoms with E-state index in [-0.39, 0.29) is 0 Å². The van der Waals surface area contributed by atoms with Gasteiger partial charge in [0.2, 0.25) is 0 Å². The lowest BCUT2D eigenvalue weighted by Crippen LogP contribution is -2.57. The summed E-state index contributed by atoms with van der Waals surface area (Å²) in [4.78, 5) is 0. The molecule has 1 N–H and O–H groups in total. The lowest BCUT2D eigenvalue weighted by molar-refractivity contribution is -0.219. The third kappa shape index (κ3) is 0.700. The lowest BCUT2D eigenvalue weighted by Gasteiger charge is -2.46. The summed E-state index contributed by atoms with van der Waals surface area (Å²) in [5.74, 6) is 0.561. The molecule has 0 radical (unpaired) electrons. The summed E-state index contributed by atoms with van der Waals surface area (Å²) in [6.07, 6.45) is 3.71. The Labute approximate surface area is 54.8 Å². The first-order chi connectivity index (χ1) is 4.31. The first-order valence-corrected chi connectivity index (χ1v) is 3.61. The molecule has 1 heterocycles. The van der Waals surface area contributed by atoms with E-state index in [1.807, 2.05) is 0 Å². The topological polar surface area (TPSA) is 29.5 Å². The maximum Gasteiger partial charge on any atom is 0.114 e. The zero-order valence-electron chi connectivity index (χ0n) is 5.47. The molecule has 2 heteroatoms. The van der Waals surface area contributed by atoms with E-state index in [0.717, 1.165) is 0 Å². The van der Waals surface area contributed by atoms with E-state index in [4.69, 9.17) is 4.74 Å². The fourth-order valence-corrected chi connectivity index (χ4v) is 1.49. The summed E-state index contributed by atoms with van der Waals surface area (Å²) in [7, 11) is 0. The molecule has 1 saturated carbocycles. The maximum absolute atomic E-state index is 9.60. The van der Waals surface area contributed by atoms with E-state index in [9.17, 15) is 5.11 Å². The monoisotopic (exact) mass is 128 g/mol. The van der Waals surface area contributed by atoms with Crippen LogP contribution in [0.3, 0.4) is 0 Å². The van der Waals surface area contributed by atoms with E-state index in [1.54, 1.807) is 0 Å². The molecule has 2 nitrogen and oxygen atoms in total. The smallest absolute Gasteiger partial charge is 0.114 e. The van der Waals surface area contributed by atoms with Gasteiger partial charge in [0.05, 0.1) is 13.2 Å². The number of aliphatic hydroxyl groups is 1. The van der Waals surface area contributed by atoms with Gasteiger partial charge in [-0.3, -0.25) is 0 Å². The molecule has 1 aliphatic heterocycles. The second-order valence-corrected chi connectivity index (χ2v) is 3.22. The van der Waals surface area contributed by atoms with Crippen LogP contribution in [0.2, 0.25) is 0 Å². The molecule has 0 unspecified atom stereocenters. The zero-order valence-corrected chi connectivity index (χ0v) is 5.47. The van der Waals surface area contributed by atoms with Crippen LogP contribution in [0.15, 0.2) is 0 Å². The van der Waals surface area contributed by atoms with Gasteiger partial charge in [0.15, 0.2) is 0 Å². The zero-order chi connectivity index (χ0) is 6.32. The molecule has 0 aromatic rings. The van der Waals surface area contributed by atoms with Crippen molar-refractivity contribution in [2.45, 2.75) is 24.9 Å². The van der Waals surface area contributed by atoms with E-state index in [1.165, 1.54) is 19.3 Å². The Kier molecular flexibility index (Phi) is 1.08. The highest BCUT2D eigenvalue weighted by Gasteiger charge is 2.45. The number of ether oxygens (including phenoxy) is 1. The Morgan fingerprint density at radius 3 is 2.11 bits per heavy atom. The minimum absolute atomic E-state index is 0.405. The van der Waals surface area contributed by atoms with Gasteiger partial charge in [0, 0.05) is 0 Å². The molecule has 2 aliphatic rings.